The minimum atomic E-state index is -3.85. The Kier molecular flexibility index (Phi) is 5.50. The van der Waals surface area contributed by atoms with E-state index in [2.05, 4.69) is 4.74 Å². The molecule has 1 aromatic heterocycles. The van der Waals surface area contributed by atoms with Crippen molar-refractivity contribution in [1.29, 1.82) is 0 Å². The molecule has 0 unspecified atom stereocenters. The summed E-state index contributed by atoms with van der Waals surface area (Å²) >= 11 is 0. The second kappa shape index (κ2) is 6.72. The maximum Gasteiger partial charge on any atom is 0.352 e. The number of sulfonamides is 1. The van der Waals surface area contributed by atoms with Crippen molar-refractivity contribution < 1.29 is 27.9 Å². The van der Waals surface area contributed by atoms with Gasteiger partial charge in [0.25, 0.3) is 0 Å². The Morgan fingerprint density at radius 2 is 2.05 bits per heavy atom. The Bertz CT molecular complexity index is 634. The van der Waals surface area contributed by atoms with E-state index in [4.69, 9.17) is 5.11 Å². The molecule has 0 bridgehead atoms. The molecule has 1 aromatic rings. The number of carbonyl (C=O) groups excluding carboxylic acids is 1. The summed E-state index contributed by atoms with van der Waals surface area (Å²) in [5.74, 6) is -1.72. The molecule has 21 heavy (non-hydrogen) atoms. The Balaban J connectivity index is 3.02. The van der Waals surface area contributed by atoms with Crippen molar-refractivity contribution in [2.24, 2.45) is 0 Å². The molecule has 0 aliphatic heterocycles. The molecule has 0 atom stereocenters. The number of hydrogen-bond donors (Lipinski definition) is 1. The quantitative estimate of drug-likeness (QED) is 0.729. The van der Waals surface area contributed by atoms with Gasteiger partial charge in [-0.25, -0.2) is 17.5 Å². The van der Waals surface area contributed by atoms with Crippen LogP contribution >= 0.6 is 0 Å². The molecular formula is C12H18N2O6S. The monoisotopic (exact) mass is 318 g/mol. The van der Waals surface area contributed by atoms with Crippen molar-refractivity contribution in [3.05, 3.63) is 18.0 Å². The molecule has 0 spiro atoms. The predicted molar refractivity (Wildman–Crippen MR) is 73.5 cm³/mol. The summed E-state index contributed by atoms with van der Waals surface area (Å²) in [5.41, 5.74) is -0.0996. The smallest absolute Gasteiger partial charge is 0.352 e. The number of rotatable bonds is 7. The van der Waals surface area contributed by atoms with Crippen molar-refractivity contribution in [1.82, 2.24) is 8.87 Å². The van der Waals surface area contributed by atoms with Gasteiger partial charge < -0.3 is 14.4 Å². The number of carboxylic acid groups (broad SMARTS) is 1. The van der Waals surface area contributed by atoms with E-state index in [1.807, 2.05) is 0 Å². The Morgan fingerprint density at radius 1 is 1.43 bits per heavy atom. The zero-order valence-electron chi connectivity index (χ0n) is 12.1. The first-order valence-electron chi connectivity index (χ1n) is 6.20. The molecule has 9 heteroatoms. The van der Waals surface area contributed by atoms with Crippen molar-refractivity contribution >= 4 is 22.0 Å². The molecule has 0 amide bonds. The van der Waals surface area contributed by atoms with Gasteiger partial charge in [-0.05, 0) is 13.0 Å². The van der Waals surface area contributed by atoms with Crippen LogP contribution < -0.4 is 0 Å². The summed E-state index contributed by atoms with van der Waals surface area (Å²) in [6, 6.07) is 1.11. The van der Waals surface area contributed by atoms with Crippen molar-refractivity contribution in [3.63, 3.8) is 0 Å². The Labute approximate surface area is 123 Å². The van der Waals surface area contributed by atoms with Crippen LogP contribution in [-0.4, -0.2) is 55.0 Å². The van der Waals surface area contributed by atoms with Crippen LogP contribution in [0.2, 0.25) is 0 Å². The number of hydrogen-bond acceptors (Lipinski definition) is 5. The van der Waals surface area contributed by atoms with Crippen molar-refractivity contribution in [2.45, 2.75) is 24.8 Å². The number of nitrogens with zero attached hydrogens (tertiary/aromatic N) is 2. The topological polar surface area (TPSA) is 106 Å². The van der Waals surface area contributed by atoms with E-state index in [0.717, 1.165) is 10.4 Å². The summed E-state index contributed by atoms with van der Waals surface area (Å²) in [5, 5.41) is 9.03. The second-order valence-corrected chi connectivity index (χ2v) is 6.35. The SMILES string of the molecule is CCn1cc(S(=O)(=O)N(C)CCC(=O)OC)cc1C(=O)O. The van der Waals surface area contributed by atoms with E-state index >= 15 is 0 Å². The van der Waals surface area contributed by atoms with Gasteiger partial charge in [-0.1, -0.05) is 0 Å². The van der Waals surface area contributed by atoms with Crippen molar-refractivity contribution in [2.75, 3.05) is 20.7 Å². The fourth-order valence-corrected chi connectivity index (χ4v) is 2.93. The number of esters is 1. The third-order valence-electron chi connectivity index (χ3n) is 3.00. The van der Waals surface area contributed by atoms with E-state index in [0.29, 0.717) is 6.54 Å². The molecule has 1 N–H and O–H groups in total. The fourth-order valence-electron chi connectivity index (χ4n) is 1.72. The van der Waals surface area contributed by atoms with E-state index in [1.165, 1.54) is 24.9 Å². The Hall–Kier alpha value is -1.87. The van der Waals surface area contributed by atoms with E-state index < -0.39 is 22.0 Å². The molecule has 0 radical (unpaired) electrons. The standard InChI is InChI=1S/C12H18N2O6S/c1-4-14-8-9(7-10(14)12(16)17)21(18,19)13(2)6-5-11(15)20-3/h7-8H,4-6H2,1-3H3,(H,16,17). The van der Waals surface area contributed by atoms with Gasteiger partial charge in [0.2, 0.25) is 10.0 Å². The molecule has 0 saturated carbocycles. The van der Waals surface area contributed by atoms with Gasteiger partial charge in [0, 0.05) is 26.3 Å². The highest BCUT2D eigenvalue weighted by Gasteiger charge is 2.25. The number of aryl methyl sites for hydroxylation is 1. The summed E-state index contributed by atoms with van der Waals surface area (Å²) in [4.78, 5) is 22.0. The fraction of sp³-hybridized carbons (Fsp3) is 0.500. The molecule has 8 nitrogen and oxygen atoms in total. The van der Waals surface area contributed by atoms with E-state index in [9.17, 15) is 18.0 Å². The van der Waals surface area contributed by atoms with Crippen LogP contribution in [0.15, 0.2) is 17.2 Å². The van der Waals surface area contributed by atoms with Crippen LogP contribution in [0, 0.1) is 0 Å². The van der Waals surface area contributed by atoms with Crippen LogP contribution in [0.25, 0.3) is 0 Å². The lowest BCUT2D eigenvalue weighted by atomic mass is 10.4. The molecule has 0 aliphatic rings. The summed E-state index contributed by atoms with van der Waals surface area (Å²) in [6.45, 7) is 2.00. The zero-order valence-corrected chi connectivity index (χ0v) is 12.9. The Morgan fingerprint density at radius 3 is 2.48 bits per heavy atom. The van der Waals surface area contributed by atoms with Crippen LogP contribution in [0.4, 0.5) is 0 Å². The highest BCUT2D eigenvalue weighted by molar-refractivity contribution is 7.89. The number of methoxy groups -OCH3 is 1. The third kappa shape index (κ3) is 3.82. The first-order chi connectivity index (χ1) is 9.73. The first kappa shape index (κ1) is 17.2. The van der Waals surface area contributed by atoms with Gasteiger partial charge in [-0.15, -0.1) is 0 Å². The maximum absolute atomic E-state index is 12.3. The van der Waals surface area contributed by atoms with E-state index in [1.54, 1.807) is 6.92 Å². The predicted octanol–water partition coefficient (Wildman–Crippen LogP) is 0.390. The summed E-state index contributed by atoms with van der Waals surface area (Å²) < 4.78 is 31.4. The van der Waals surface area contributed by atoms with Gasteiger partial charge in [-0.3, -0.25) is 4.79 Å². The van der Waals surface area contributed by atoms with Crippen LogP contribution in [-0.2, 0) is 26.1 Å². The van der Waals surface area contributed by atoms with Gasteiger partial charge >= 0.3 is 11.9 Å². The van der Waals surface area contributed by atoms with Crippen LogP contribution in [0.1, 0.15) is 23.8 Å². The lowest BCUT2D eigenvalue weighted by Crippen LogP contribution is -2.29. The minimum Gasteiger partial charge on any atom is -0.477 e. The van der Waals surface area contributed by atoms with Gasteiger partial charge in [-0.2, -0.15) is 0 Å². The number of carbonyl (C=O) groups is 2. The average Bonchev–Trinajstić information content (AvgIpc) is 2.89. The van der Waals surface area contributed by atoms with Crippen LogP contribution in [0.5, 0.6) is 0 Å². The normalized spacial score (nSPS) is 11.6. The molecule has 118 valence electrons. The number of aromatic nitrogens is 1. The zero-order chi connectivity index (χ0) is 16.2. The number of aromatic carboxylic acids is 1. The van der Waals surface area contributed by atoms with Crippen LogP contribution in [0.3, 0.4) is 0 Å². The highest BCUT2D eigenvalue weighted by Crippen LogP contribution is 2.18. The molecule has 0 fully saturated rings. The largest absolute Gasteiger partial charge is 0.477 e. The summed E-state index contributed by atoms with van der Waals surface area (Å²) in [6.07, 6.45) is 1.19. The lowest BCUT2D eigenvalue weighted by molar-refractivity contribution is -0.140. The highest BCUT2D eigenvalue weighted by atomic mass is 32.2. The molecule has 0 saturated heterocycles. The molecule has 1 rings (SSSR count). The number of ether oxygens (including phenoxy) is 1. The molecule has 1 heterocycles. The maximum atomic E-state index is 12.3. The van der Waals surface area contributed by atoms with Gasteiger partial charge in [0.05, 0.1) is 13.5 Å². The third-order valence-corrected chi connectivity index (χ3v) is 4.82. The molecule has 0 aliphatic carbocycles. The average molecular weight is 318 g/mol. The molecular weight excluding hydrogens is 300 g/mol. The lowest BCUT2D eigenvalue weighted by Gasteiger charge is -2.15. The first-order valence-corrected chi connectivity index (χ1v) is 7.64. The van der Waals surface area contributed by atoms with Gasteiger partial charge in [0.15, 0.2) is 0 Å². The van der Waals surface area contributed by atoms with Gasteiger partial charge in [0.1, 0.15) is 10.6 Å². The summed E-state index contributed by atoms with van der Waals surface area (Å²) in [7, 11) is -1.31. The second-order valence-electron chi connectivity index (χ2n) is 4.30. The number of carboxylic acids is 1. The van der Waals surface area contributed by atoms with Crippen molar-refractivity contribution in [3.8, 4) is 0 Å². The minimum absolute atomic E-state index is 0.0469. The molecule has 0 aromatic carbocycles. The van der Waals surface area contributed by atoms with E-state index in [-0.39, 0.29) is 23.6 Å².